The molecule has 294 valence electrons. The Hall–Kier alpha value is -5.87. The third-order valence-corrected chi connectivity index (χ3v) is 12.0. The number of imide groups is 1. The number of alkyl halides is 2. The third-order valence-electron chi connectivity index (χ3n) is 12.0. The minimum Gasteiger partial charge on any atom is -0.385 e. The van der Waals surface area contributed by atoms with Gasteiger partial charge < -0.3 is 16.0 Å². The van der Waals surface area contributed by atoms with Crippen molar-refractivity contribution in [2.24, 2.45) is 11.1 Å². The van der Waals surface area contributed by atoms with Gasteiger partial charge in [-0.25, -0.2) is 22.7 Å². The van der Waals surface area contributed by atoms with Gasteiger partial charge in [0.25, 0.3) is 11.8 Å². The molecule has 4 N–H and O–H groups in total. The van der Waals surface area contributed by atoms with Gasteiger partial charge in [0, 0.05) is 75.3 Å². The van der Waals surface area contributed by atoms with E-state index in [9.17, 15) is 18.8 Å². The molecule has 16 heteroatoms. The van der Waals surface area contributed by atoms with E-state index in [0.717, 1.165) is 34.5 Å². The van der Waals surface area contributed by atoms with Crippen LogP contribution in [-0.2, 0) is 29.1 Å². The molecule has 1 atom stereocenters. The Kier molecular flexibility index (Phi) is 8.99. The molecule has 3 amide bonds. The summed E-state index contributed by atoms with van der Waals surface area (Å²) in [6, 6.07) is 16.4. The standard InChI is InChI=1S/C41H41F3N10O3/c1-46-32-16-35(50-54-34(37(45)56)18-48-38(32)54)53-13-11-27-26(3-2-4-33(27)53)31-9-6-25(17-47-31)20-52-21-40(22-52)12-14-51(23-41(40,43)44)19-24-5-8-30(42)29(15-24)28-7-10-36(55)49-39(28)57/h2-6,8-9,15-18,28,46H,7,10-14,19-23H2,1H3,(H2,45,56)(H,49,55,57). The van der Waals surface area contributed by atoms with Gasteiger partial charge in [-0.3, -0.25) is 34.5 Å². The van der Waals surface area contributed by atoms with E-state index in [0.29, 0.717) is 48.8 Å². The number of imidazole rings is 1. The van der Waals surface area contributed by atoms with Gasteiger partial charge >= 0.3 is 0 Å². The van der Waals surface area contributed by atoms with Crippen LogP contribution in [0.2, 0.25) is 0 Å². The summed E-state index contributed by atoms with van der Waals surface area (Å²) < 4.78 is 47.9. The fourth-order valence-corrected chi connectivity index (χ4v) is 9.02. The fourth-order valence-electron chi connectivity index (χ4n) is 9.02. The Morgan fingerprint density at radius 1 is 0.965 bits per heavy atom. The third kappa shape index (κ3) is 6.45. The van der Waals surface area contributed by atoms with Crippen molar-refractivity contribution in [2.45, 2.75) is 50.6 Å². The highest BCUT2D eigenvalue weighted by molar-refractivity contribution is 6.01. The van der Waals surface area contributed by atoms with Crippen LogP contribution in [0, 0.1) is 11.2 Å². The molecule has 3 fully saturated rings. The monoisotopic (exact) mass is 778 g/mol. The second-order valence-electron chi connectivity index (χ2n) is 15.6. The number of fused-ring (bicyclic) bond motifs is 2. The van der Waals surface area contributed by atoms with Crippen LogP contribution in [0.25, 0.3) is 16.9 Å². The highest BCUT2D eigenvalue weighted by Crippen LogP contribution is 2.51. The van der Waals surface area contributed by atoms with E-state index in [4.69, 9.17) is 15.8 Å². The van der Waals surface area contributed by atoms with E-state index in [1.807, 2.05) is 47.5 Å². The number of pyridine rings is 1. The summed E-state index contributed by atoms with van der Waals surface area (Å²) in [4.78, 5) is 51.0. The molecule has 5 aromatic rings. The normalized spacial score (nSPS) is 20.4. The molecule has 0 bridgehead atoms. The summed E-state index contributed by atoms with van der Waals surface area (Å²) >= 11 is 0. The van der Waals surface area contributed by atoms with Gasteiger partial charge in [-0.1, -0.05) is 30.3 Å². The molecule has 1 unspecified atom stereocenters. The zero-order valence-electron chi connectivity index (χ0n) is 31.3. The smallest absolute Gasteiger partial charge is 0.269 e. The molecule has 13 nitrogen and oxygen atoms in total. The molecule has 7 heterocycles. The number of nitrogens with zero attached hydrogens (tertiary/aromatic N) is 7. The van der Waals surface area contributed by atoms with Crippen LogP contribution in [-0.4, -0.2) is 92.8 Å². The molecule has 57 heavy (non-hydrogen) atoms. The summed E-state index contributed by atoms with van der Waals surface area (Å²) in [6.07, 6.45) is 4.66. The van der Waals surface area contributed by atoms with Crippen LogP contribution in [0.4, 0.5) is 30.4 Å². The molecule has 0 saturated carbocycles. The van der Waals surface area contributed by atoms with Crippen LogP contribution < -0.4 is 21.3 Å². The Labute approximate surface area is 326 Å². The van der Waals surface area contributed by atoms with Gasteiger partial charge in [0.05, 0.1) is 35.5 Å². The molecule has 3 aromatic heterocycles. The summed E-state index contributed by atoms with van der Waals surface area (Å²) in [7, 11) is 1.78. The second-order valence-corrected chi connectivity index (χ2v) is 15.6. The lowest BCUT2D eigenvalue weighted by Crippen LogP contribution is -2.69. The first-order valence-corrected chi connectivity index (χ1v) is 19.1. The van der Waals surface area contributed by atoms with Gasteiger partial charge in [-0.2, -0.15) is 0 Å². The zero-order valence-corrected chi connectivity index (χ0v) is 31.3. The Morgan fingerprint density at radius 3 is 2.51 bits per heavy atom. The fraction of sp³-hybridized carbons (Fsp3) is 0.366. The molecule has 9 rings (SSSR count). The van der Waals surface area contributed by atoms with E-state index in [1.165, 1.54) is 16.8 Å². The number of piperidine rings is 2. The first kappa shape index (κ1) is 36.7. The van der Waals surface area contributed by atoms with Crippen molar-refractivity contribution in [3.05, 3.63) is 101 Å². The summed E-state index contributed by atoms with van der Waals surface area (Å²) in [5, 5.41) is 10.1. The SMILES string of the molecule is CNc1cc(N2CCc3c(-c4ccc(CN5CC6(CCN(Cc7ccc(F)c(C8CCC(=O)NC8=O)c7)CC6(F)F)C5)cn4)cccc32)nn2c(C(N)=O)cnc12. The van der Waals surface area contributed by atoms with Crippen molar-refractivity contribution in [1.82, 2.24) is 34.7 Å². The number of likely N-dealkylation sites (tertiary alicyclic amines) is 2. The molecular formula is C41H41F3N10O3. The number of amides is 3. The number of anilines is 3. The van der Waals surface area contributed by atoms with Crippen LogP contribution in [0.1, 0.15) is 57.9 Å². The highest BCUT2D eigenvalue weighted by atomic mass is 19.3. The van der Waals surface area contributed by atoms with Crippen molar-refractivity contribution < 1.29 is 27.6 Å². The second kappa shape index (κ2) is 14.0. The topological polar surface area (TPSA) is 154 Å². The number of rotatable bonds is 9. The lowest BCUT2D eigenvalue weighted by atomic mass is 9.69. The van der Waals surface area contributed by atoms with Crippen molar-refractivity contribution in [3.63, 3.8) is 0 Å². The zero-order chi connectivity index (χ0) is 39.6. The van der Waals surface area contributed by atoms with Crippen LogP contribution >= 0.6 is 0 Å². The molecule has 4 aliphatic rings. The minimum absolute atomic E-state index is 0.126. The Balaban J connectivity index is 0.837. The highest BCUT2D eigenvalue weighted by Gasteiger charge is 2.62. The van der Waals surface area contributed by atoms with Gasteiger partial charge in [0.1, 0.15) is 11.5 Å². The molecule has 1 spiro atoms. The van der Waals surface area contributed by atoms with Gasteiger partial charge in [0.15, 0.2) is 11.5 Å². The van der Waals surface area contributed by atoms with E-state index in [1.54, 1.807) is 24.1 Å². The van der Waals surface area contributed by atoms with E-state index < -0.39 is 41.4 Å². The summed E-state index contributed by atoms with van der Waals surface area (Å²) in [5.74, 6) is -5.14. The molecule has 2 aromatic carbocycles. The number of hydrogen-bond acceptors (Lipinski definition) is 10. The van der Waals surface area contributed by atoms with Crippen LogP contribution in [0.5, 0.6) is 0 Å². The van der Waals surface area contributed by atoms with Crippen LogP contribution in [0.3, 0.4) is 0 Å². The van der Waals surface area contributed by atoms with Crippen molar-refractivity contribution in [3.8, 4) is 11.3 Å². The summed E-state index contributed by atoms with van der Waals surface area (Å²) in [6.45, 7) is 2.03. The van der Waals surface area contributed by atoms with Crippen molar-refractivity contribution in [2.75, 3.05) is 50.0 Å². The van der Waals surface area contributed by atoms with E-state index in [2.05, 4.69) is 20.5 Å². The molecule has 0 aliphatic carbocycles. The number of primary amides is 1. The molecular weight excluding hydrogens is 738 g/mol. The predicted molar refractivity (Wildman–Crippen MR) is 206 cm³/mol. The maximum Gasteiger partial charge on any atom is 0.269 e. The maximum atomic E-state index is 15.9. The van der Waals surface area contributed by atoms with E-state index >= 15 is 8.78 Å². The number of carbonyl (C=O) groups excluding carboxylic acids is 3. The minimum atomic E-state index is -2.92. The number of hydrogen-bond donors (Lipinski definition) is 3. The number of halogens is 3. The average Bonchev–Trinajstić information content (AvgIpc) is 3.81. The average molecular weight is 779 g/mol. The first-order chi connectivity index (χ1) is 27.4. The maximum absolute atomic E-state index is 15.9. The quantitative estimate of drug-likeness (QED) is 0.181. The Morgan fingerprint density at radius 2 is 1.77 bits per heavy atom. The van der Waals surface area contributed by atoms with Gasteiger partial charge in [-0.05, 0) is 60.7 Å². The van der Waals surface area contributed by atoms with Crippen molar-refractivity contribution in [1.29, 1.82) is 0 Å². The number of nitrogens with two attached hydrogens (primary N) is 1. The number of nitrogens with one attached hydrogen (secondary N) is 2. The number of carbonyl (C=O) groups is 3. The Bertz CT molecular complexity index is 2430. The van der Waals surface area contributed by atoms with Gasteiger partial charge in [0.2, 0.25) is 11.8 Å². The lowest BCUT2D eigenvalue weighted by Gasteiger charge is -2.57. The largest absolute Gasteiger partial charge is 0.385 e. The van der Waals surface area contributed by atoms with Gasteiger partial charge in [-0.15, -0.1) is 5.10 Å². The number of benzene rings is 2. The van der Waals surface area contributed by atoms with Crippen LogP contribution in [0.15, 0.2) is 67.0 Å². The lowest BCUT2D eigenvalue weighted by molar-refractivity contribution is -0.227. The number of aromatic nitrogens is 4. The van der Waals surface area contributed by atoms with Crippen molar-refractivity contribution >= 4 is 40.6 Å². The summed E-state index contributed by atoms with van der Waals surface area (Å²) in [5.41, 5.74) is 11.6. The first-order valence-electron chi connectivity index (χ1n) is 19.1. The predicted octanol–water partition coefficient (Wildman–Crippen LogP) is 4.63. The molecule has 4 aliphatic heterocycles. The molecule has 0 radical (unpaired) electrons. The van der Waals surface area contributed by atoms with E-state index in [-0.39, 0.29) is 49.6 Å². The molecule has 3 saturated heterocycles.